The van der Waals surface area contributed by atoms with Gasteiger partial charge in [-0.15, -0.1) is 0 Å². The van der Waals surface area contributed by atoms with Crippen LogP contribution in [0.1, 0.15) is 26.2 Å². The monoisotopic (exact) mass is 185 g/mol. The number of nitrogens with two attached hydrogens (primary N) is 1. The van der Waals surface area contributed by atoms with Crippen LogP contribution < -0.4 is 11.1 Å². The van der Waals surface area contributed by atoms with Gasteiger partial charge in [0.1, 0.15) is 0 Å². The quantitative estimate of drug-likeness (QED) is 0.666. The van der Waals surface area contributed by atoms with E-state index in [9.17, 15) is 0 Å². The van der Waals surface area contributed by atoms with Crippen LogP contribution in [0, 0.1) is 0 Å². The van der Waals surface area contributed by atoms with Crippen molar-refractivity contribution in [3.63, 3.8) is 0 Å². The number of nitrogens with zero attached hydrogens (tertiary/aromatic N) is 1. The van der Waals surface area contributed by atoms with Gasteiger partial charge in [-0.2, -0.15) is 0 Å². The highest BCUT2D eigenvalue weighted by Gasteiger charge is 2.15. The van der Waals surface area contributed by atoms with E-state index in [0.29, 0.717) is 12.1 Å². The molecule has 1 fully saturated rings. The average molecular weight is 185 g/mol. The van der Waals surface area contributed by atoms with Crippen LogP contribution in [0.15, 0.2) is 0 Å². The van der Waals surface area contributed by atoms with Crippen LogP contribution in [0.25, 0.3) is 0 Å². The molecule has 1 saturated heterocycles. The van der Waals surface area contributed by atoms with Crippen LogP contribution in [0.3, 0.4) is 0 Å². The fourth-order valence-electron chi connectivity index (χ4n) is 1.85. The van der Waals surface area contributed by atoms with E-state index in [1.54, 1.807) is 0 Å². The second-order valence-electron chi connectivity index (χ2n) is 4.32. The van der Waals surface area contributed by atoms with Crippen molar-refractivity contribution in [1.82, 2.24) is 10.2 Å². The second-order valence-corrected chi connectivity index (χ2v) is 4.32. The van der Waals surface area contributed by atoms with Crippen LogP contribution in [-0.4, -0.2) is 43.7 Å². The Kier molecular flexibility index (Phi) is 4.70. The molecule has 0 amide bonds. The molecule has 3 heteroatoms. The summed E-state index contributed by atoms with van der Waals surface area (Å²) in [4.78, 5) is 2.40. The zero-order chi connectivity index (χ0) is 9.68. The van der Waals surface area contributed by atoms with Crippen LogP contribution in [-0.2, 0) is 0 Å². The summed E-state index contributed by atoms with van der Waals surface area (Å²) < 4.78 is 0. The Morgan fingerprint density at radius 1 is 1.62 bits per heavy atom. The SMILES string of the molecule is CC(N)CCNC1CCCN(C)C1. The molecule has 0 aromatic carbocycles. The standard InChI is InChI=1S/C10H23N3/c1-9(11)5-6-12-10-4-3-7-13(2)8-10/h9-10,12H,3-8,11H2,1-2H3. The highest BCUT2D eigenvalue weighted by atomic mass is 15.1. The van der Waals surface area contributed by atoms with Gasteiger partial charge in [-0.25, -0.2) is 0 Å². The van der Waals surface area contributed by atoms with Crippen molar-refractivity contribution < 1.29 is 0 Å². The smallest absolute Gasteiger partial charge is 0.0195 e. The molecule has 13 heavy (non-hydrogen) atoms. The van der Waals surface area contributed by atoms with Gasteiger partial charge in [0.25, 0.3) is 0 Å². The predicted octanol–water partition coefficient (Wildman–Crippen LogP) is 0.408. The molecule has 2 atom stereocenters. The summed E-state index contributed by atoms with van der Waals surface area (Å²) in [5.41, 5.74) is 5.68. The van der Waals surface area contributed by atoms with Crippen LogP contribution in [0.2, 0.25) is 0 Å². The Morgan fingerprint density at radius 2 is 2.38 bits per heavy atom. The fraction of sp³-hybridized carbons (Fsp3) is 1.00. The van der Waals surface area contributed by atoms with Crippen molar-refractivity contribution in [3.8, 4) is 0 Å². The normalized spacial score (nSPS) is 27.5. The number of piperidine rings is 1. The van der Waals surface area contributed by atoms with Crippen LogP contribution >= 0.6 is 0 Å². The van der Waals surface area contributed by atoms with Crippen molar-refractivity contribution in [1.29, 1.82) is 0 Å². The fourth-order valence-corrected chi connectivity index (χ4v) is 1.85. The van der Waals surface area contributed by atoms with Crippen LogP contribution in [0.5, 0.6) is 0 Å². The summed E-state index contributed by atoms with van der Waals surface area (Å²) in [6.07, 6.45) is 3.73. The summed E-state index contributed by atoms with van der Waals surface area (Å²) in [6, 6.07) is 1.02. The van der Waals surface area contributed by atoms with Gasteiger partial charge in [0.15, 0.2) is 0 Å². The summed E-state index contributed by atoms with van der Waals surface area (Å²) in [5, 5.41) is 3.56. The van der Waals surface area contributed by atoms with Crippen molar-refractivity contribution in [2.75, 3.05) is 26.7 Å². The van der Waals surface area contributed by atoms with E-state index in [4.69, 9.17) is 5.73 Å². The Morgan fingerprint density at radius 3 is 3.00 bits per heavy atom. The summed E-state index contributed by atoms with van der Waals surface area (Å²) in [6.45, 7) is 5.58. The molecule has 1 rings (SSSR count). The zero-order valence-electron chi connectivity index (χ0n) is 8.92. The van der Waals surface area contributed by atoms with Crippen molar-refractivity contribution in [2.45, 2.75) is 38.3 Å². The third-order valence-electron chi connectivity index (χ3n) is 2.66. The Balaban J connectivity index is 2.06. The lowest BCUT2D eigenvalue weighted by atomic mass is 10.1. The first-order valence-corrected chi connectivity index (χ1v) is 5.36. The molecule has 3 nitrogen and oxygen atoms in total. The predicted molar refractivity (Wildman–Crippen MR) is 56.8 cm³/mol. The van der Waals surface area contributed by atoms with Gasteiger partial charge in [-0.3, -0.25) is 0 Å². The minimum absolute atomic E-state index is 0.328. The topological polar surface area (TPSA) is 41.3 Å². The molecular formula is C10H23N3. The van der Waals surface area contributed by atoms with E-state index in [-0.39, 0.29) is 0 Å². The summed E-state index contributed by atoms with van der Waals surface area (Å²) in [5.74, 6) is 0. The molecule has 0 spiro atoms. The maximum atomic E-state index is 5.68. The molecule has 78 valence electrons. The Bertz CT molecular complexity index is 136. The number of likely N-dealkylation sites (N-methyl/N-ethyl adjacent to an activating group) is 1. The van der Waals surface area contributed by atoms with E-state index in [1.165, 1.54) is 25.9 Å². The number of hydrogen-bond acceptors (Lipinski definition) is 3. The molecule has 1 heterocycles. The van der Waals surface area contributed by atoms with Gasteiger partial charge in [0, 0.05) is 18.6 Å². The number of hydrogen-bond donors (Lipinski definition) is 2. The average Bonchev–Trinajstić information content (AvgIpc) is 2.03. The zero-order valence-corrected chi connectivity index (χ0v) is 8.92. The minimum Gasteiger partial charge on any atom is -0.328 e. The number of likely N-dealkylation sites (tertiary alicyclic amines) is 1. The van der Waals surface area contributed by atoms with E-state index in [2.05, 4.69) is 24.2 Å². The third-order valence-corrected chi connectivity index (χ3v) is 2.66. The molecule has 0 bridgehead atoms. The first-order chi connectivity index (χ1) is 6.18. The van der Waals surface area contributed by atoms with E-state index in [1.807, 2.05) is 0 Å². The molecule has 0 radical (unpaired) electrons. The number of nitrogens with one attached hydrogen (secondary N) is 1. The lowest BCUT2D eigenvalue weighted by Gasteiger charge is -2.30. The minimum atomic E-state index is 0.328. The highest BCUT2D eigenvalue weighted by Crippen LogP contribution is 2.07. The molecule has 0 saturated carbocycles. The second kappa shape index (κ2) is 5.58. The molecule has 3 N–H and O–H groups in total. The van der Waals surface area contributed by atoms with Gasteiger partial charge in [-0.05, 0) is 46.3 Å². The number of rotatable bonds is 4. The van der Waals surface area contributed by atoms with E-state index in [0.717, 1.165) is 13.0 Å². The molecule has 2 unspecified atom stereocenters. The van der Waals surface area contributed by atoms with E-state index >= 15 is 0 Å². The molecular weight excluding hydrogens is 162 g/mol. The van der Waals surface area contributed by atoms with Crippen molar-refractivity contribution >= 4 is 0 Å². The van der Waals surface area contributed by atoms with Crippen molar-refractivity contribution in [3.05, 3.63) is 0 Å². The van der Waals surface area contributed by atoms with Crippen LogP contribution in [0.4, 0.5) is 0 Å². The Labute approximate surface area is 81.7 Å². The molecule has 0 aromatic rings. The Hall–Kier alpha value is -0.120. The lowest BCUT2D eigenvalue weighted by molar-refractivity contribution is 0.227. The summed E-state index contributed by atoms with van der Waals surface area (Å²) in [7, 11) is 2.19. The van der Waals surface area contributed by atoms with Gasteiger partial charge in [0.05, 0.1) is 0 Å². The summed E-state index contributed by atoms with van der Waals surface area (Å²) >= 11 is 0. The molecule has 0 aliphatic carbocycles. The third kappa shape index (κ3) is 4.60. The van der Waals surface area contributed by atoms with E-state index < -0.39 is 0 Å². The van der Waals surface area contributed by atoms with Gasteiger partial charge in [-0.1, -0.05) is 0 Å². The largest absolute Gasteiger partial charge is 0.328 e. The molecule has 0 aromatic heterocycles. The molecule has 1 aliphatic rings. The van der Waals surface area contributed by atoms with Gasteiger partial charge in [0.2, 0.25) is 0 Å². The maximum absolute atomic E-state index is 5.68. The lowest BCUT2D eigenvalue weighted by Crippen LogP contribution is -2.44. The van der Waals surface area contributed by atoms with Crippen molar-refractivity contribution in [2.24, 2.45) is 5.73 Å². The maximum Gasteiger partial charge on any atom is 0.0195 e. The first-order valence-electron chi connectivity index (χ1n) is 5.36. The molecule has 1 aliphatic heterocycles. The van der Waals surface area contributed by atoms with Gasteiger partial charge < -0.3 is 16.0 Å². The first kappa shape index (κ1) is 11.0. The highest BCUT2D eigenvalue weighted by molar-refractivity contribution is 4.76. The van der Waals surface area contributed by atoms with Gasteiger partial charge >= 0.3 is 0 Å².